The van der Waals surface area contributed by atoms with Crippen LogP contribution >= 0.6 is 0 Å². The number of methoxy groups -OCH3 is 1. The number of nitrogens with two attached hydrogens (primary N) is 1. The van der Waals surface area contributed by atoms with E-state index in [9.17, 15) is 4.79 Å². The Morgan fingerprint density at radius 2 is 1.97 bits per heavy atom. The van der Waals surface area contributed by atoms with E-state index in [-0.39, 0.29) is 12.0 Å². The molecule has 0 fully saturated rings. The molecule has 0 saturated carbocycles. The van der Waals surface area contributed by atoms with Crippen LogP contribution in [0, 0.1) is 0 Å². The lowest BCUT2D eigenvalue weighted by Gasteiger charge is -2.22. The van der Waals surface area contributed by atoms with Gasteiger partial charge in [-0.25, -0.2) is 4.98 Å². The van der Waals surface area contributed by atoms with Crippen LogP contribution in [0.15, 0.2) is 48.7 Å². The fourth-order valence-corrected chi connectivity index (χ4v) is 4.05. The zero-order chi connectivity index (χ0) is 20.4. The van der Waals surface area contributed by atoms with Crippen LogP contribution < -0.4 is 5.73 Å². The molecule has 0 radical (unpaired) electrons. The number of hydrogen-bond donors (Lipinski definition) is 1. The van der Waals surface area contributed by atoms with Gasteiger partial charge in [0.1, 0.15) is 5.82 Å². The number of fused-ring (bicyclic) bond motifs is 1. The summed E-state index contributed by atoms with van der Waals surface area (Å²) in [5.74, 6) is 0.739. The maximum atomic E-state index is 11.3. The van der Waals surface area contributed by atoms with E-state index in [4.69, 9.17) is 15.5 Å². The lowest BCUT2D eigenvalue weighted by atomic mass is 9.87. The fraction of sp³-hybridized carbons (Fsp3) is 0.333. The van der Waals surface area contributed by atoms with Crippen LogP contribution in [0.4, 0.5) is 0 Å². The summed E-state index contributed by atoms with van der Waals surface area (Å²) in [5, 5.41) is 0. The van der Waals surface area contributed by atoms with E-state index in [1.165, 1.54) is 18.2 Å². The van der Waals surface area contributed by atoms with Crippen LogP contribution in [-0.4, -0.2) is 22.6 Å². The van der Waals surface area contributed by atoms with Crippen molar-refractivity contribution in [2.45, 2.75) is 38.1 Å². The third-order valence-electron chi connectivity index (χ3n) is 5.73. The minimum Gasteiger partial charge on any atom is -0.469 e. The third-order valence-corrected chi connectivity index (χ3v) is 5.73. The normalized spacial score (nSPS) is 15.8. The van der Waals surface area contributed by atoms with E-state index in [2.05, 4.69) is 41.1 Å². The average Bonchev–Trinajstić information content (AvgIpc) is 3.14. The zero-order valence-corrected chi connectivity index (χ0v) is 17.0. The first-order chi connectivity index (χ1) is 14.0. The lowest BCUT2D eigenvalue weighted by molar-refractivity contribution is -0.140. The summed E-state index contributed by atoms with van der Waals surface area (Å²) in [6, 6.07) is 14.9. The molecule has 0 saturated heterocycles. The molecule has 1 aliphatic carbocycles. The second kappa shape index (κ2) is 8.21. The highest BCUT2D eigenvalue weighted by Crippen LogP contribution is 2.32. The van der Waals surface area contributed by atoms with Crippen LogP contribution in [0.2, 0.25) is 0 Å². The van der Waals surface area contributed by atoms with Crippen LogP contribution in [0.5, 0.6) is 0 Å². The van der Waals surface area contributed by atoms with Crippen molar-refractivity contribution in [3.05, 3.63) is 65.4 Å². The molecule has 0 spiro atoms. The third kappa shape index (κ3) is 4.10. The molecule has 0 amide bonds. The number of rotatable bonds is 5. The van der Waals surface area contributed by atoms with Crippen molar-refractivity contribution >= 4 is 5.97 Å². The molecule has 1 aromatic heterocycles. The van der Waals surface area contributed by atoms with Crippen molar-refractivity contribution in [3.8, 4) is 22.6 Å². The van der Waals surface area contributed by atoms with E-state index < -0.39 is 0 Å². The maximum absolute atomic E-state index is 11.3. The molecule has 0 aliphatic heterocycles. The number of aryl methyl sites for hydroxylation is 3. The van der Waals surface area contributed by atoms with Gasteiger partial charge in [-0.15, -0.1) is 0 Å². The molecule has 3 aromatic rings. The predicted octanol–water partition coefficient (Wildman–Crippen LogP) is 4.20. The maximum Gasteiger partial charge on any atom is 0.305 e. The van der Waals surface area contributed by atoms with Crippen molar-refractivity contribution in [1.29, 1.82) is 0 Å². The van der Waals surface area contributed by atoms with E-state index in [1.807, 2.05) is 19.2 Å². The molecule has 4 rings (SSSR count). The van der Waals surface area contributed by atoms with Gasteiger partial charge in [-0.1, -0.05) is 36.4 Å². The molecule has 1 atom stereocenters. The van der Waals surface area contributed by atoms with Crippen LogP contribution in [-0.2, 0) is 29.4 Å². The van der Waals surface area contributed by atoms with Crippen molar-refractivity contribution < 1.29 is 9.53 Å². The Morgan fingerprint density at radius 1 is 1.21 bits per heavy atom. The first-order valence-electron chi connectivity index (χ1n) is 10.1. The summed E-state index contributed by atoms with van der Waals surface area (Å²) < 4.78 is 6.77. The number of benzene rings is 2. The molecule has 5 nitrogen and oxygen atoms in total. The molecule has 2 N–H and O–H groups in total. The summed E-state index contributed by atoms with van der Waals surface area (Å²) in [6.07, 6.45) is 6.44. The van der Waals surface area contributed by atoms with Crippen molar-refractivity contribution in [3.63, 3.8) is 0 Å². The number of ether oxygens (including phenoxy) is 1. The molecule has 0 bridgehead atoms. The largest absolute Gasteiger partial charge is 0.469 e. The van der Waals surface area contributed by atoms with Gasteiger partial charge in [-0.2, -0.15) is 0 Å². The Morgan fingerprint density at radius 3 is 2.72 bits per heavy atom. The molecule has 1 heterocycles. The van der Waals surface area contributed by atoms with Crippen LogP contribution in [0.3, 0.4) is 0 Å². The van der Waals surface area contributed by atoms with E-state index in [1.54, 1.807) is 0 Å². The quantitative estimate of drug-likeness (QED) is 0.664. The van der Waals surface area contributed by atoms with Crippen molar-refractivity contribution in [2.75, 3.05) is 7.11 Å². The SMILES string of the molecule is COC(=O)CCc1ccc(-c2nc(-c3ccc4c(c3)CCCC4N)cn2C)cc1. The molecule has 1 aliphatic rings. The lowest BCUT2D eigenvalue weighted by Crippen LogP contribution is -2.17. The highest BCUT2D eigenvalue weighted by Gasteiger charge is 2.18. The number of nitrogens with zero attached hydrogens (tertiary/aromatic N) is 2. The number of esters is 1. The fourth-order valence-electron chi connectivity index (χ4n) is 4.05. The second-order valence-corrected chi connectivity index (χ2v) is 7.75. The molecule has 1 unspecified atom stereocenters. The monoisotopic (exact) mass is 389 g/mol. The minimum atomic E-state index is -0.186. The zero-order valence-electron chi connectivity index (χ0n) is 17.0. The summed E-state index contributed by atoms with van der Waals surface area (Å²) in [5.41, 5.74) is 13.2. The van der Waals surface area contributed by atoms with Gasteiger partial charge in [0, 0.05) is 36.8 Å². The van der Waals surface area contributed by atoms with E-state index in [0.29, 0.717) is 12.8 Å². The van der Waals surface area contributed by atoms with Crippen LogP contribution in [0.25, 0.3) is 22.6 Å². The van der Waals surface area contributed by atoms with Gasteiger partial charge in [0.05, 0.1) is 12.8 Å². The Bertz CT molecular complexity index is 1020. The topological polar surface area (TPSA) is 70.1 Å². The Kier molecular flexibility index (Phi) is 5.49. The standard InChI is InChI=1S/C24H27N3O2/c1-27-15-22(19-11-12-20-18(14-19)4-3-5-21(20)25)26-24(27)17-9-6-16(7-10-17)8-13-23(28)29-2/h6-7,9-12,14-15,21H,3-5,8,13,25H2,1-2H3. The van der Waals surface area contributed by atoms with Crippen LogP contribution in [0.1, 0.15) is 42.0 Å². The van der Waals surface area contributed by atoms with Gasteiger partial charge in [0.2, 0.25) is 0 Å². The highest BCUT2D eigenvalue weighted by atomic mass is 16.5. The van der Waals surface area contributed by atoms with E-state index in [0.717, 1.165) is 47.5 Å². The summed E-state index contributed by atoms with van der Waals surface area (Å²) in [7, 11) is 3.44. The van der Waals surface area contributed by atoms with Gasteiger partial charge in [0.15, 0.2) is 0 Å². The minimum absolute atomic E-state index is 0.157. The van der Waals surface area contributed by atoms with Gasteiger partial charge in [-0.3, -0.25) is 4.79 Å². The Balaban J connectivity index is 1.56. The summed E-state index contributed by atoms with van der Waals surface area (Å²) in [4.78, 5) is 16.2. The smallest absolute Gasteiger partial charge is 0.305 e. The highest BCUT2D eigenvalue weighted by molar-refractivity contribution is 5.70. The van der Waals surface area contributed by atoms with Gasteiger partial charge in [-0.05, 0) is 48.4 Å². The predicted molar refractivity (Wildman–Crippen MR) is 114 cm³/mol. The molecular weight excluding hydrogens is 362 g/mol. The number of carbonyl (C=O) groups is 1. The number of imidazole rings is 1. The number of carbonyl (C=O) groups excluding carboxylic acids is 1. The number of hydrogen-bond acceptors (Lipinski definition) is 4. The van der Waals surface area contributed by atoms with Crippen molar-refractivity contribution in [2.24, 2.45) is 12.8 Å². The second-order valence-electron chi connectivity index (χ2n) is 7.75. The molecule has 2 aromatic carbocycles. The molecule has 150 valence electrons. The van der Waals surface area contributed by atoms with Gasteiger partial charge >= 0.3 is 5.97 Å². The van der Waals surface area contributed by atoms with Gasteiger partial charge < -0.3 is 15.0 Å². The average molecular weight is 389 g/mol. The first kappa shape index (κ1) is 19.4. The number of aromatic nitrogens is 2. The molecular formula is C24H27N3O2. The van der Waals surface area contributed by atoms with Crippen molar-refractivity contribution in [1.82, 2.24) is 9.55 Å². The summed E-state index contributed by atoms with van der Waals surface area (Å²) >= 11 is 0. The van der Waals surface area contributed by atoms with Gasteiger partial charge in [0.25, 0.3) is 0 Å². The Labute approximate surface area is 171 Å². The molecule has 29 heavy (non-hydrogen) atoms. The first-order valence-corrected chi connectivity index (χ1v) is 10.1. The molecule has 5 heteroatoms. The summed E-state index contributed by atoms with van der Waals surface area (Å²) in [6.45, 7) is 0. The van der Waals surface area contributed by atoms with E-state index >= 15 is 0 Å². The Hall–Kier alpha value is -2.92.